The molecule has 0 atom stereocenters. The van der Waals surface area contributed by atoms with E-state index >= 15 is 0 Å². The molecule has 0 saturated carbocycles. The quantitative estimate of drug-likeness (QED) is 0.495. The minimum absolute atomic E-state index is 0.347. The van der Waals surface area contributed by atoms with Crippen LogP contribution in [0.1, 0.15) is 16.8 Å². The number of carbonyl (C=O) groups excluding carboxylic acids is 1. The highest BCUT2D eigenvalue weighted by Crippen LogP contribution is 2.13. The Morgan fingerprint density at radius 2 is 2.33 bits per heavy atom. The highest BCUT2D eigenvalue weighted by atomic mass is 79.9. The predicted octanol–water partition coefficient (Wildman–Crippen LogP) is 1.06. The minimum atomic E-state index is -0.522. The molecule has 2 aromatic rings. The van der Waals surface area contributed by atoms with E-state index in [-0.39, 0.29) is 0 Å². The maximum atomic E-state index is 12.1. The van der Waals surface area contributed by atoms with Crippen LogP contribution in [-0.4, -0.2) is 31.9 Å². The third kappa shape index (κ3) is 2.25. The molecule has 0 spiro atoms. The number of halogens is 1. The lowest BCUT2D eigenvalue weighted by molar-refractivity contribution is 0.0978. The van der Waals surface area contributed by atoms with E-state index in [1.807, 2.05) is 0 Å². The van der Waals surface area contributed by atoms with Crippen molar-refractivity contribution in [3.63, 3.8) is 0 Å². The molecule has 0 radical (unpaired) electrons. The number of nitrogens with zero attached hydrogens (tertiary/aromatic N) is 3. The number of nitrogens with one attached hydrogen (secondary N) is 1. The molecule has 6 nitrogen and oxygen atoms in total. The van der Waals surface area contributed by atoms with Gasteiger partial charge in [0, 0.05) is 40.9 Å². The number of aliphatic imine (C=N–C) groups is 1. The molecule has 0 amide bonds. The summed E-state index contributed by atoms with van der Waals surface area (Å²) in [7, 11) is 0. The molecule has 1 aliphatic heterocycles. The van der Waals surface area contributed by atoms with Gasteiger partial charge in [0.2, 0.25) is 5.78 Å². The van der Waals surface area contributed by atoms with Crippen LogP contribution in [0.15, 0.2) is 42.0 Å². The van der Waals surface area contributed by atoms with Crippen molar-refractivity contribution in [1.29, 1.82) is 0 Å². The van der Waals surface area contributed by atoms with Crippen molar-refractivity contribution in [1.82, 2.24) is 14.8 Å². The molecule has 2 aromatic heterocycles. The Morgan fingerprint density at radius 3 is 3.00 bits per heavy atom. The fourth-order valence-corrected chi connectivity index (χ4v) is 2.72. The zero-order chi connectivity index (χ0) is 15.0. The Morgan fingerprint density at radius 1 is 1.52 bits per heavy atom. The van der Waals surface area contributed by atoms with Gasteiger partial charge in [-0.25, -0.2) is 9.67 Å². The van der Waals surface area contributed by atoms with Gasteiger partial charge in [-0.2, -0.15) is 5.10 Å². The van der Waals surface area contributed by atoms with Crippen LogP contribution < -0.4 is 10.6 Å². The Hall–Kier alpha value is -2.41. The van der Waals surface area contributed by atoms with Crippen molar-refractivity contribution < 1.29 is 9.90 Å². The minimum Gasteiger partial charge on any atom is -0.505 e. The predicted molar refractivity (Wildman–Crippen MR) is 82.6 cm³/mol. The first kappa shape index (κ1) is 13.6. The van der Waals surface area contributed by atoms with Crippen molar-refractivity contribution in [2.45, 2.75) is 6.42 Å². The van der Waals surface area contributed by atoms with Crippen LogP contribution in [0.4, 0.5) is 0 Å². The molecular weight excluding hydrogens is 336 g/mol. The van der Waals surface area contributed by atoms with E-state index in [1.165, 1.54) is 0 Å². The standard InChI is InChI=1S/C14H11BrN4O2/c1-8(20)13(21)9-7-17-12-11(9)10(15)3-5-16-14(12)19-6-2-4-18-19/h2,4-7,17,20H,1,3H2. The van der Waals surface area contributed by atoms with E-state index in [0.29, 0.717) is 28.4 Å². The molecule has 0 unspecified atom stereocenters. The topological polar surface area (TPSA) is 83.3 Å². The van der Waals surface area contributed by atoms with Crippen LogP contribution >= 0.6 is 15.9 Å². The molecule has 0 fully saturated rings. The van der Waals surface area contributed by atoms with Crippen LogP contribution in [0.2, 0.25) is 0 Å². The van der Waals surface area contributed by atoms with Crippen molar-refractivity contribution in [2.24, 2.45) is 4.99 Å². The Kier molecular flexibility index (Phi) is 3.34. The summed E-state index contributed by atoms with van der Waals surface area (Å²) in [6, 6.07) is 1.79. The highest BCUT2D eigenvalue weighted by molar-refractivity contribution is 9.14. The average molecular weight is 347 g/mol. The van der Waals surface area contributed by atoms with Gasteiger partial charge in [-0.3, -0.25) is 4.79 Å². The molecule has 0 aliphatic carbocycles. The first-order valence-electron chi connectivity index (χ1n) is 6.15. The Bertz CT molecular complexity index is 875. The van der Waals surface area contributed by atoms with E-state index in [4.69, 9.17) is 0 Å². The first-order valence-corrected chi connectivity index (χ1v) is 6.94. The third-order valence-electron chi connectivity index (χ3n) is 3.09. The normalized spacial score (nSPS) is 14.0. The Labute approximate surface area is 128 Å². The first-order chi connectivity index (χ1) is 10.1. The number of hydrogen-bond acceptors (Lipinski definition) is 4. The second kappa shape index (κ2) is 5.17. The number of allylic oxidation sites excluding steroid dienone is 1. The van der Waals surface area contributed by atoms with Crippen molar-refractivity contribution in [3.05, 3.63) is 53.1 Å². The van der Waals surface area contributed by atoms with Crippen LogP contribution in [0.25, 0.3) is 10.3 Å². The number of carbonyl (C=O) groups is 1. The number of aliphatic hydroxyl groups excluding tert-OH is 1. The van der Waals surface area contributed by atoms with Crippen LogP contribution in [0, 0.1) is 0 Å². The maximum absolute atomic E-state index is 12.1. The van der Waals surface area contributed by atoms with E-state index in [9.17, 15) is 9.90 Å². The van der Waals surface area contributed by atoms with Gasteiger partial charge in [-0.15, -0.1) is 0 Å². The van der Waals surface area contributed by atoms with Crippen LogP contribution in [0.3, 0.4) is 0 Å². The maximum Gasteiger partial charge on any atom is 0.228 e. The summed E-state index contributed by atoms with van der Waals surface area (Å²) in [6.45, 7) is 3.29. The number of aromatic nitrogens is 3. The number of hydrogen-bond donors (Lipinski definition) is 2. The van der Waals surface area contributed by atoms with Gasteiger partial charge >= 0.3 is 0 Å². The van der Waals surface area contributed by atoms with Crippen molar-refractivity contribution >= 4 is 38.2 Å². The molecule has 21 heavy (non-hydrogen) atoms. The summed E-state index contributed by atoms with van der Waals surface area (Å²) >= 11 is 3.47. The summed E-state index contributed by atoms with van der Waals surface area (Å²) in [4.78, 5) is 19.5. The van der Waals surface area contributed by atoms with E-state index < -0.39 is 11.5 Å². The van der Waals surface area contributed by atoms with Crippen molar-refractivity contribution in [2.75, 3.05) is 0 Å². The second-order valence-corrected chi connectivity index (χ2v) is 5.38. The average Bonchev–Trinajstić information content (AvgIpc) is 3.09. The van der Waals surface area contributed by atoms with Gasteiger partial charge in [-0.1, -0.05) is 22.5 Å². The van der Waals surface area contributed by atoms with Gasteiger partial charge in [0.25, 0.3) is 0 Å². The molecule has 2 N–H and O–H groups in total. The van der Waals surface area contributed by atoms with Crippen molar-refractivity contribution in [3.8, 4) is 0 Å². The lowest BCUT2D eigenvalue weighted by Crippen LogP contribution is -2.31. The van der Waals surface area contributed by atoms with Crippen LogP contribution in [0.5, 0.6) is 0 Å². The van der Waals surface area contributed by atoms with Gasteiger partial charge in [0.15, 0.2) is 11.6 Å². The molecule has 0 aromatic carbocycles. The highest BCUT2D eigenvalue weighted by Gasteiger charge is 2.18. The molecule has 3 heterocycles. The van der Waals surface area contributed by atoms with E-state index in [1.54, 1.807) is 35.6 Å². The van der Waals surface area contributed by atoms with Crippen LogP contribution in [-0.2, 0) is 0 Å². The number of ketones is 1. The summed E-state index contributed by atoms with van der Waals surface area (Å²) in [5.41, 5.74) is 0.347. The zero-order valence-corrected chi connectivity index (χ0v) is 12.5. The lowest BCUT2D eigenvalue weighted by Gasteiger charge is -1.99. The summed E-state index contributed by atoms with van der Waals surface area (Å²) < 4.78 is 2.41. The zero-order valence-electron chi connectivity index (χ0n) is 10.9. The fourth-order valence-electron chi connectivity index (χ4n) is 2.16. The summed E-state index contributed by atoms with van der Waals surface area (Å²) in [5, 5.41) is 14.8. The Balaban J connectivity index is 2.39. The number of rotatable bonds is 3. The summed E-state index contributed by atoms with van der Waals surface area (Å²) in [6.07, 6.45) is 7.23. The van der Waals surface area contributed by atoms with Gasteiger partial charge < -0.3 is 10.1 Å². The van der Waals surface area contributed by atoms with Gasteiger partial charge in [-0.05, 0) is 6.07 Å². The number of fused-ring (bicyclic) bond motifs is 1. The third-order valence-corrected chi connectivity index (χ3v) is 3.81. The van der Waals surface area contributed by atoms with Gasteiger partial charge in [0.1, 0.15) is 0 Å². The van der Waals surface area contributed by atoms with E-state index in [0.717, 1.165) is 4.48 Å². The molecular formula is C14H11BrN4O2. The number of H-pyrrole nitrogens is 1. The second-order valence-electron chi connectivity index (χ2n) is 4.42. The van der Waals surface area contributed by atoms with E-state index in [2.05, 4.69) is 37.6 Å². The summed E-state index contributed by atoms with van der Waals surface area (Å²) in [5.74, 6) is -0.443. The number of aromatic amines is 1. The molecule has 106 valence electrons. The molecule has 7 heteroatoms. The molecule has 3 rings (SSSR count). The smallest absolute Gasteiger partial charge is 0.228 e. The molecule has 1 aliphatic rings. The monoisotopic (exact) mass is 346 g/mol. The van der Waals surface area contributed by atoms with Gasteiger partial charge in [0.05, 0.1) is 10.9 Å². The lowest BCUT2D eigenvalue weighted by atomic mass is 10.1. The molecule has 0 bridgehead atoms. The largest absolute Gasteiger partial charge is 0.505 e. The SMILES string of the molecule is C=C(O)C(=O)c1c[nH]c2c1=C(Br)CC=NC=2n1cccn1. The number of Topliss-reactive ketones (excluding diaryl/α,β-unsaturated/α-hetero) is 1. The number of aliphatic hydroxyl groups is 1. The fraction of sp³-hybridized carbons (Fsp3) is 0.0714. The molecule has 0 saturated heterocycles.